The highest BCUT2D eigenvalue weighted by Crippen LogP contribution is 2.32. The Labute approximate surface area is 163 Å². The molecule has 0 radical (unpaired) electrons. The zero-order valence-corrected chi connectivity index (χ0v) is 16.5. The van der Waals surface area contributed by atoms with Gasteiger partial charge in [0.15, 0.2) is 0 Å². The number of halogens is 1. The van der Waals surface area contributed by atoms with Gasteiger partial charge in [0.25, 0.3) is 5.56 Å². The summed E-state index contributed by atoms with van der Waals surface area (Å²) in [6.45, 7) is 3.65. The molecule has 2 aliphatic heterocycles. The summed E-state index contributed by atoms with van der Waals surface area (Å²) in [5.41, 5.74) is 1.29. The third-order valence-corrected chi connectivity index (χ3v) is 6.57. The van der Waals surface area contributed by atoms with E-state index in [9.17, 15) is 9.59 Å². The molecule has 1 N–H and O–H groups in total. The van der Waals surface area contributed by atoms with Crippen LogP contribution in [0.1, 0.15) is 22.2 Å². The highest BCUT2D eigenvalue weighted by molar-refractivity contribution is 9.10. The molecule has 1 saturated heterocycles. The van der Waals surface area contributed by atoms with Crippen LogP contribution in [0.15, 0.2) is 27.0 Å². The van der Waals surface area contributed by atoms with Gasteiger partial charge in [-0.05, 0) is 28.4 Å². The molecule has 1 unspecified atom stereocenters. The number of nitrogens with one attached hydrogen (secondary N) is 1. The third-order valence-electron chi connectivity index (χ3n) is 4.82. The van der Waals surface area contributed by atoms with Gasteiger partial charge in [0, 0.05) is 39.9 Å². The van der Waals surface area contributed by atoms with Crippen LogP contribution < -0.4 is 5.56 Å². The Morgan fingerprint density at radius 1 is 1.35 bits per heavy atom. The number of nitrogens with zero attached hydrogens (tertiary/aromatic N) is 3. The monoisotopic (exact) mass is 438 g/mol. The second-order valence-electron chi connectivity index (χ2n) is 6.38. The van der Waals surface area contributed by atoms with E-state index in [4.69, 9.17) is 4.74 Å². The first kappa shape index (κ1) is 17.8. The molecule has 2 aromatic heterocycles. The van der Waals surface area contributed by atoms with Crippen molar-refractivity contribution >= 4 is 33.2 Å². The standard InChI is InChI=1S/C17H19BrN4O3S/c18-11-7-14(26-9-11)15(21-3-5-25-6-4-21)17(24)22-2-1-12-13(8-22)19-10-20-16(12)23/h7,9-10,15H,1-6,8H2,(H,19,20,23). The van der Waals surface area contributed by atoms with E-state index < -0.39 is 0 Å². The van der Waals surface area contributed by atoms with Crippen LogP contribution in [0.5, 0.6) is 0 Å². The Hall–Kier alpha value is -1.55. The lowest BCUT2D eigenvalue weighted by Crippen LogP contribution is -2.48. The van der Waals surface area contributed by atoms with Crippen LogP contribution in [0.2, 0.25) is 0 Å². The molecule has 9 heteroatoms. The number of hydrogen-bond acceptors (Lipinski definition) is 6. The number of ether oxygens (including phenoxy) is 1. The van der Waals surface area contributed by atoms with Gasteiger partial charge in [-0.15, -0.1) is 11.3 Å². The molecule has 1 amide bonds. The quantitative estimate of drug-likeness (QED) is 0.786. The predicted octanol–water partition coefficient (Wildman–Crippen LogP) is 1.55. The Kier molecular flexibility index (Phi) is 5.21. The first-order chi connectivity index (χ1) is 12.6. The minimum Gasteiger partial charge on any atom is -0.379 e. The normalized spacial score (nSPS) is 19.2. The topological polar surface area (TPSA) is 78.5 Å². The van der Waals surface area contributed by atoms with E-state index in [1.807, 2.05) is 16.3 Å². The van der Waals surface area contributed by atoms with E-state index in [2.05, 4.69) is 30.8 Å². The number of H-pyrrole nitrogens is 1. The van der Waals surface area contributed by atoms with E-state index in [-0.39, 0.29) is 17.5 Å². The van der Waals surface area contributed by atoms with Crippen molar-refractivity contribution < 1.29 is 9.53 Å². The number of hydrogen-bond donors (Lipinski definition) is 1. The van der Waals surface area contributed by atoms with Crippen molar-refractivity contribution in [1.82, 2.24) is 19.8 Å². The molecule has 2 aromatic rings. The Bertz CT molecular complexity index is 862. The molecule has 26 heavy (non-hydrogen) atoms. The number of carbonyl (C=O) groups is 1. The van der Waals surface area contributed by atoms with Crippen LogP contribution >= 0.6 is 27.3 Å². The first-order valence-corrected chi connectivity index (χ1v) is 10.2. The predicted molar refractivity (Wildman–Crippen MR) is 101 cm³/mol. The molecule has 4 rings (SSSR count). The third kappa shape index (κ3) is 3.48. The average molecular weight is 439 g/mol. The van der Waals surface area contributed by atoms with Crippen LogP contribution in [0, 0.1) is 0 Å². The van der Waals surface area contributed by atoms with Gasteiger partial charge in [0.2, 0.25) is 5.91 Å². The van der Waals surface area contributed by atoms with E-state index in [1.54, 1.807) is 11.3 Å². The van der Waals surface area contributed by atoms with E-state index in [0.717, 1.165) is 22.4 Å². The fourth-order valence-electron chi connectivity index (χ4n) is 3.49. The summed E-state index contributed by atoms with van der Waals surface area (Å²) in [5.74, 6) is 0.0639. The summed E-state index contributed by atoms with van der Waals surface area (Å²) < 4.78 is 6.44. The van der Waals surface area contributed by atoms with Crippen molar-refractivity contribution in [3.63, 3.8) is 0 Å². The van der Waals surface area contributed by atoms with Gasteiger partial charge in [-0.25, -0.2) is 4.98 Å². The molecule has 138 valence electrons. The van der Waals surface area contributed by atoms with Crippen molar-refractivity contribution in [2.24, 2.45) is 0 Å². The van der Waals surface area contributed by atoms with Gasteiger partial charge in [-0.1, -0.05) is 0 Å². The molecule has 0 aromatic carbocycles. The molecular weight excluding hydrogens is 420 g/mol. The lowest BCUT2D eigenvalue weighted by atomic mass is 10.0. The summed E-state index contributed by atoms with van der Waals surface area (Å²) in [7, 11) is 0. The molecule has 0 spiro atoms. The molecule has 0 saturated carbocycles. The Morgan fingerprint density at radius 2 is 2.15 bits per heavy atom. The second-order valence-corrected chi connectivity index (χ2v) is 8.24. The minimum absolute atomic E-state index is 0.0639. The van der Waals surface area contributed by atoms with Gasteiger partial charge in [-0.3, -0.25) is 14.5 Å². The maximum absolute atomic E-state index is 13.4. The van der Waals surface area contributed by atoms with Crippen LogP contribution in [-0.4, -0.2) is 58.5 Å². The van der Waals surface area contributed by atoms with E-state index in [0.29, 0.717) is 44.0 Å². The molecule has 4 heterocycles. The Balaban J connectivity index is 1.61. The van der Waals surface area contributed by atoms with Crippen molar-refractivity contribution in [1.29, 1.82) is 0 Å². The summed E-state index contributed by atoms with van der Waals surface area (Å²) >= 11 is 5.08. The van der Waals surface area contributed by atoms with Crippen molar-refractivity contribution in [2.75, 3.05) is 32.8 Å². The first-order valence-electron chi connectivity index (χ1n) is 8.53. The van der Waals surface area contributed by atoms with Gasteiger partial charge in [0.1, 0.15) is 6.04 Å². The summed E-state index contributed by atoms with van der Waals surface area (Å²) in [6.07, 6.45) is 1.94. The van der Waals surface area contributed by atoms with Gasteiger partial charge >= 0.3 is 0 Å². The lowest BCUT2D eigenvalue weighted by Gasteiger charge is -2.37. The zero-order valence-electron chi connectivity index (χ0n) is 14.1. The number of amides is 1. The summed E-state index contributed by atoms with van der Waals surface area (Å²) in [4.78, 5) is 37.3. The molecule has 1 atom stereocenters. The summed E-state index contributed by atoms with van der Waals surface area (Å²) in [5, 5.41) is 2.00. The van der Waals surface area contributed by atoms with Crippen LogP contribution in [-0.2, 0) is 22.5 Å². The van der Waals surface area contributed by atoms with E-state index >= 15 is 0 Å². The highest BCUT2D eigenvalue weighted by Gasteiger charge is 2.35. The van der Waals surface area contributed by atoms with Gasteiger partial charge in [-0.2, -0.15) is 0 Å². The highest BCUT2D eigenvalue weighted by atomic mass is 79.9. The van der Waals surface area contributed by atoms with Crippen LogP contribution in [0.25, 0.3) is 0 Å². The number of fused-ring (bicyclic) bond motifs is 1. The molecule has 0 aliphatic carbocycles. The number of rotatable bonds is 3. The largest absolute Gasteiger partial charge is 0.379 e. The fourth-order valence-corrected chi connectivity index (χ4v) is 5.06. The average Bonchev–Trinajstić information content (AvgIpc) is 3.08. The van der Waals surface area contributed by atoms with Crippen molar-refractivity contribution in [3.05, 3.63) is 48.7 Å². The van der Waals surface area contributed by atoms with Crippen molar-refractivity contribution in [3.8, 4) is 0 Å². The van der Waals surface area contributed by atoms with Gasteiger partial charge in [0.05, 0.1) is 31.8 Å². The molecule has 1 fully saturated rings. The van der Waals surface area contributed by atoms with Gasteiger partial charge < -0.3 is 14.6 Å². The Morgan fingerprint density at radius 3 is 2.88 bits per heavy atom. The summed E-state index contributed by atoms with van der Waals surface area (Å²) in [6, 6.07) is 1.70. The number of thiophene rings is 1. The number of carbonyl (C=O) groups excluding carboxylic acids is 1. The minimum atomic E-state index is -0.321. The molecule has 7 nitrogen and oxygen atoms in total. The maximum Gasteiger partial charge on any atom is 0.254 e. The molecule has 0 bridgehead atoms. The molecule has 2 aliphatic rings. The zero-order chi connectivity index (χ0) is 18.1. The van der Waals surface area contributed by atoms with Crippen LogP contribution in [0.3, 0.4) is 0 Å². The SMILES string of the molecule is O=C(C(c1cc(Br)cs1)N1CCOCC1)N1CCc2c(nc[nH]c2=O)C1. The van der Waals surface area contributed by atoms with Crippen LogP contribution in [0.4, 0.5) is 0 Å². The lowest BCUT2D eigenvalue weighted by molar-refractivity contribution is -0.140. The smallest absolute Gasteiger partial charge is 0.254 e. The maximum atomic E-state index is 13.4. The number of morpholine rings is 1. The fraction of sp³-hybridized carbons (Fsp3) is 0.471. The molecular formula is C17H19BrN4O3S. The number of aromatic amines is 1. The second kappa shape index (κ2) is 7.59. The van der Waals surface area contributed by atoms with Crippen molar-refractivity contribution in [2.45, 2.75) is 19.0 Å². The van der Waals surface area contributed by atoms with E-state index in [1.165, 1.54) is 6.33 Å². The number of aromatic nitrogens is 2.